The van der Waals surface area contributed by atoms with Crippen molar-refractivity contribution in [2.75, 3.05) is 0 Å². The Kier molecular flexibility index (Phi) is 11.3. The minimum atomic E-state index is -0.198. The molecular weight excluding hydrogens is 831 g/mol. The van der Waals surface area contributed by atoms with E-state index in [1.54, 1.807) is 9.36 Å². The quantitative estimate of drug-likeness (QED) is 0.148. The zero-order valence-corrected chi connectivity index (χ0v) is 39.6. The number of aromatic nitrogens is 7. The van der Waals surface area contributed by atoms with Crippen LogP contribution in [0, 0.1) is 69.0 Å². The second-order valence-corrected chi connectivity index (χ2v) is 23.3. The lowest BCUT2D eigenvalue weighted by Crippen LogP contribution is -2.51. The number of esters is 2. The fourth-order valence-electron chi connectivity index (χ4n) is 16.6. The van der Waals surface area contributed by atoms with E-state index in [0.29, 0.717) is 60.0 Å². The molecule has 66 heavy (non-hydrogen) atoms. The summed E-state index contributed by atoms with van der Waals surface area (Å²) in [5.74, 6) is 3.06. The number of pyridine rings is 1. The third kappa shape index (κ3) is 7.51. The summed E-state index contributed by atoms with van der Waals surface area (Å²) in [5, 5.41) is 38.1. The van der Waals surface area contributed by atoms with Crippen LogP contribution >= 0.6 is 0 Å². The highest BCUT2D eigenvalue weighted by molar-refractivity contribution is 5.74. The minimum absolute atomic E-state index is 0.0557. The largest absolute Gasteiger partial charge is 0.459 e. The maximum absolute atomic E-state index is 13.8. The van der Waals surface area contributed by atoms with Crippen molar-refractivity contribution in [2.24, 2.45) is 69.0 Å². The molecule has 11 rings (SSSR count). The van der Waals surface area contributed by atoms with E-state index in [-0.39, 0.29) is 70.9 Å². The molecular formula is C53H71N7O6. The third-order valence-electron chi connectivity index (χ3n) is 20.1. The van der Waals surface area contributed by atoms with Crippen LogP contribution in [0.3, 0.4) is 0 Å². The molecule has 0 unspecified atom stereocenters. The van der Waals surface area contributed by atoms with Gasteiger partial charge in [-0.15, -0.1) is 10.2 Å². The first kappa shape index (κ1) is 44.3. The number of fused-ring (bicyclic) bond motifs is 10. The predicted octanol–water partition coefficient (Wildman–Crippen LogP) is 8.33. The molecule has 0 spiro atoms. The summed E-state index contributed by atoms with van der Waals surface area (Å²) >= 11 is 0. The molecule has 13 nitrogen and oxygen atoms in total. The molecule has 3 aromatic heterocycles. The van der Waals surface area contributed by atoms with Gasteiger partial charge in [0.05, 0.1) is 60.9 Å². The summed E-state index contributed by atoms with van der Waals surface area (Å²) in [6, 6.07) is 5.87. The van der Waals surface area contributed by atoms with Crippen LogP contribution in [0.25, 0.3) is 0 Å². The second kappa shape index (κ2) is 16.8. The zero-order valence-electron chi connectivity index (χ0n) is 39.6. The summed E-state index contributed by atoms with van der Waals surface area (Å²) in [4.78, 5) is 32.4. The first-order valence-electron chi connectivity index (χ1n) is 25.5. The molecule has 13 heteroatoms. The van der Waals surface area contributed by atoms with Crippen molar-refractivity contribution >= 4 is 11.9 Å². The summed E-state index contributed by atoms with van der Waals surface area (Å²) in [6.45, 7) is 10.6. The fourth-order valence-corrected chi connectivity index (χ4v) is 16.6. The number of rotatable bonds is 10. The Morgan fingerprint density at radius 1 is 0.606 bits per heavy atom. The summed E-state index contributed by atoms with van der Waals surface area (Å²) in [6.07, 6.45) is 24.2. The number of hydrogen-bond acceptors (Lipinski definition) is 11. The van der Waals surface area contributed by atoms with Crippen LogP contribution in [-0.2, 0) is 45.4 Å². The van der Waals surface area contributed by atoms with Crippen molar-refractivity contribution in [3.63, 3.8) is 0 Å². The Hall–Kier alpha value is -4.23. The van der Waals surface area contributed by atoms with Gasteiger partial charge in [0.15, 0.2) is 0 Å². The van der Waals surface area contributed by atoms with Crippen LogP contribution in [0.4, 0.5) is 0 Å². The van der Waals surface area contributed by atoms with Crippen molar-refractivity contribution in [2.45, 2.75) is 169 Å². The van der Waals surface area contributed by atoms with Crippen LogP contribution < -0.4 is 0 Å². The Morgan fingerprint density at radius 2 is 1.06 bits per heavy atom. The van der Waals surface area contributed by atoms with E-state index in [1.165, 1.54) is 11.1 Å². The maximum Gasteiger partial charge on any atom is 0.309 e. The van der Waals surface area contributed by atoms with Gasteiger partial charge in [-0.25, -0.2) is 9.36 Å². The van der Waals surface area contributed by atoms with E-state index in [4.69, 9.17) is 14.5 Å². The second-order valence-electron chi connectivity index (χ2n) is 23.3. The molecule has 6 fully saturated rings. The van der Waals surface area contributed by atoms with Crippen LogP contribution in [0.2, 0.25) is 0 Å². The molecule has 0 radical (unpaired) electrons. The third-order valence-corrected chi connectivity index (χ3v) is 20.1. The molecule has 3 heterocycles. The van der Waals surface area contributed by atoms with Crippen LogP contribution in [0.5, 0.6) is 0 Å². The molecule has 14 atom stereocenters. The van der Waals surface area contributed by atoms with Gasteiger partial charge in [-0.2, -0.15) is 0 Å². The molecule has 2 N–H and O–H groups in total. The lowest BCUT2D eigenvalue weighted by Gasteiger charge is -2.57. The molecule has 8 aliphatic rings. The summed E-state index contributed by atoms with van der Waals surface area (Å²) in [5.41, 5.74) is 6.06. The van der Waals surface area contributed by atoms with Crippen LogP contribution in [0.1, 0.15) is 153 Å². The Balaban J connectivity index is 0.653. The molecule has 8 aliphatic carbocycles. The van der Waals surface area contributed by atoms with Gasteiger partial charge < -0.3 is 19.7 Å². The molecule has 0 bridgehead atoms. The SMILES string of the molecule is C[C@]12CC[C@H]3[C@@H](CC=C4C[C@@H](O)CC[C@@]43C)[C@@H]1CC[C@@H]2C(=O)OCc1cn(Cc2cccc(Cn3cc(COC(=O)[C@H]4CC[C@H]5[C@@H]6CC=C7C[C@@H](O)CC[C@]7(C)[C@H]6CC[C@]45C)nn3)n2)nn1. The highest BCUT2D eigenvalue weighted by Crippen LogP contribution is 2.68. The Morgan fingerprint density at radius 3 is 1.52 bits per heavy atom. The average molecular weight is 902 g/mol. The van der Waals surface area contributed by atoms with Gasteiger partial charge in [0.25, 0.3) is 0 Å². The van der Waals surface area contributed by atoms with Gasteiger partial charge in [0.2, 0.25) is 0 Å². The first-order valence-corrected chi connectivity index (χ1v) is 25.5. The van der Waals surface area contributed by atoms with Gasteiger partial charge in [-0.3, -0.25) is 14.6 Å². The fraction of sp³-hybridized carbons (Fsp3) is 0.717. The predicted molar refractivity (Wildman–Crippen MR) is 244 cm³/mol. The molecule has 0 aliphatic heterocycles. The summed E-state index contributed by atoms with van der Waals surface area (Å²) in [7, 11) is 0. The normalized spacial score (nSPS) is 40.1. The zero-order chi connectivity index (χ0) is 45.6. The standard InChI is InChI=1S/C53H71N7O6/c1-50-20-16-38(61)24-32(50)8-10-40-42-12-14-46(52(42,3)22-18-44(40)50)48(63)65-30-36-28-59(57-55-36)26-34-6-5-7-35(54-34)27-60-29-37(56-58-60)31-66-49(64)47-15-13-43-41-11-9-33-25-39(62)17-21-51(33,2)45(41)19-23-53(43,47)4/h5-9,28-29,38-47,61-62H,10-27,30-31H2,1-4H3/t38-,39-,40-,41-,42-,43-,44-,45-,46+,47+,50-,51-,52-,53-/m0/s1. The summed E-state index contributed by atoms with van der Waals surface area (Å²) < 4.78 is 15.4. The monoisotopic (exact) mass is 902 g/mol. The number of nitrogens with zero attached hydrogens (tertiary/aromatic N) is 7. The highest BCUT2D eigenvalue weighted by atomic mass is 16.5. The smallest absolute Gasteiger partial charge is 0.309 e. The number of aliphatic hydroxyl groups is 2. The van der Waals surface area contributed by atoms with Crippen LogP contribution in [-0.4, -0.2) is 69.3 Å². The van der Waals surface area contributed by atoms with Gasteiger partial charge in [-0.1, -0.05) is 67.5 Å². The number of hydrogen-bond donors (Lipinski definition) is 2. The first-order chi connectivity index (χ1) is 31.7. The van der Waals surface area contributed by atoms with E-state index in [1.807, 2.05) is 30.6 Å². The molecule has 3 aromatic rings. The molecule has 6 saturated carbocycles. The minimum Gasteiger partial charge on any atom is -0.459 e. The van der Waals surface area contributed by atoms with Gasteiger partial charge in [0.1, 0.15) is 24.6 Å². The van der Waals surface area contributed by atoms with E-state index < -0.39 is 0 Å². The molecule has 0 amide bonds. The lowest BCUT2D eigenvalue weighted by molar-refractivity contribution is -0.158. The Bertz CT molecular complexity index is 2250. The topological polar surface area (TPSA) is 167 Å². The van der Waals surface area contributed by atoms with Crippen molar-refractivity contribution < 1.29 is 29.3 Å². The Labute approximate surface area is 389 Å². The molecule has 354 valence electrons. The number of aliphatic hydroxyl groups excluding tert-OH is 2. The van der Waals surface area contributed by atoms with Gasteiger partial charge in [-0.05, 0) is 172 Å². The number of allylic oxidation sites excluding steroid dienone is 2. The maximum atomic E-state index is 13.8. The lowest BCUT2D eigenvalue weighted by atomic mass is 9.47. The molecule has 0 aromatic carbocycles. The highest BCUT2D eigenvalue weighted by Gasteiger charge is 2.62. The van der Waals surface area contributed by atoms with Crippen LogP contribution in [0.15, 0.2) is 53.9 Å². The number of carbonyl (C=O) groups is 2. The number of ether oxygens (including phenoxy) is 2. The van der Waals surface area contributed by atoms with Gasteiger partial charge in [0, 0.05) is 0 Å². The van der Waals surface area contributed by atoms with E-state index in [0.717, 1.165) is 114 Å². The van der Waals surface area contributed by atoms with E-state index in [9.17, 15) is 19.8 Å². The number of carbonyl (C=O) groups excluding carboxylic acids is 2. The van der Waals surface area contributed by atoms with Crippen molar-refractivity contribution in [1.82, 2.24) is 35.0 Å². The van der Waals surface area contributed by atoms with Crippen molar-refractivity contribution in [1.29, 1.82) is 0 Å². The van der Waals surface area contributed by atoms with Crippen molar-refractivity contribution in [3.05, 3.63) is 76.7 Å². The molecule has 0 saturated heterocycles. The van der Waals surface area contributed by atoms with Gasteiger partial charge >= 0.3 is 11.9 Å². The van der Waals surface area contributed by atoms with E-state index in [2.05, 4.69) is 60.5 Å². The average Bonchev–Trinajstić information content (AvgIpc) is 4.10. The van der Waals surface area contributed by atoms with E-state index >= 15 is 0 Å². The van der Waals surface area contributed by atoms with Crippen molar-refractivity contribution in [3.8, 4) is 0 Å².